The minimum atomic E-state index is -1.18. The number of rotatable bonds is 8. The maximum absolute atomic E-state index is 15.0. The molecule has 2 aromatic carbocycles. The molecule has 0 aliphatic heterocycles. The van der Waals surface area contributed by atoms with Crippen molar-refractivity contribution in [1.82, 2.24) is 9.88 Å². The Morgan fingerprint density at radius 3 is 2.24 bits per heavy atom. The normalized spacial score (nSPS) is 10.8. The summed E-state index contributed by atoms with van der Waals surface area (Å²) in [5, 5.41) is 6.52. The number of nitrogens with zero attached hydrogens (tertiary/aromatic N) is 2. The highest BCUT2D eigenvalue weighted by atomic mass is 19.1. The zero-order valence-corrected chi connectivity index (χ0v) is 21.7. The average Bonchev–Trinajstić information content (AvgIpc) is 3.27. The molecule has 11 heteroatoms. The third-order valence-electron chi connectivity index (χ3n) is 5.98. The van der Waals surface area contributed by atoms with Gasteiger partial charge in [-0.05, 0) is 36.8 Å². The second kappa shape index (κ2) is 10.4. The van der Waals surface area contributed by atoms with Crippen LogP contribution in [0.3, 0.4) is 0 Å². The van der Waals surface area contributed by atoms with E-state index in [1.54, 1.807) is 45.4 Å². The van der Waals surface area contributed by atoms with E-state index in [9.17, 15) is 18.4 Å². The number of ketones is 1. The molecule has 0 bridgehead atoms. The number of hydrogen-bond donors (Lipinski definition) is 2. The van der Waals surface area contributed by atoms with Crippen LogP contribution in [-0.2, 0) is 0 Å². The molecule has 2 N–H and O–H groups in total. The summed E-state index contributed by atoms with van der Waals surface area (Å²) in [6, 6.07) is 7.89. The van der Waals surface area contributed by atoms with E-state index in [0.29, 0.717) is 22.5 Å². The highest BCUT2D eigenvalue weighted by molar-refractivity contribution is 6.15. The van der Waals surface area contributed by atoms with Crippen LogP contribution in [0.25, 0.3) is 11.0 Å². The maximum atomic E-state index is 15.0. The summed E-state index contributed by atoms with van der Waals surface area (Å²) in [6.07, 6.45) is 1.40. The lowest BCUT2D eigenvalue weighted by atomic mass is 10.0. The number of nitrogens with one attached hydrogen (secondary N) is 2. The van der Waals surface area contributed by atoms with Crippen molar-refractivity contribution >= 4 is 39.9 Å². The van der Waals surface area contributed by atoms with Gasteiger partial charge in [0.15, 0.2) is 34.5 Å². The van der Waals surface area contributed by atoms with Gasteiger partial charge in [-0.25, -0.2) is 13.8 Å². The fourth-order valence-electron chi connectivity index (χ4n) is 4.01. The van der Waals surface area contributed by atoms with Crippen molar-refractivity contribution < 1.29 is 32.3 Å². The Balaban J connectivity index is 1.74. The molecular formula is C27H26F2N4O5. The summed E-state index contributed by atoms with van der Waals surface area (Å²) in [4.78, 5) is 31.4. The summed E-state index contributed by atoms with van der Waals surface area (Å²) < 4.78 is 45.6. The molecule has 4 rings (SSSR count). The third kappa shape index (κ3) is 4.58. The highest BCUT2D eigenvalue weighted by Gasteiger charge is 2.31. The van der Waals surface area contributed by atoms with Crippen molar-refractivity contribution in [3.8, 4) is 11.5 Å². The summed E-state index contributed by atoms with van der Waals surface area (Å²) >= 11 is 0. The minimum absolute atomic E-state index is 0.116. The molecule has 0 spiro atoms. The van der Waals surface area contributed by atoms with Crippen molar-refractivity contribution in [2.45, 2.75) is 6.92 Å². The molecule has 0 unspecified atom stereocenters. The number of furan rings is 1. The molecule has 2 heterocycles. The Bertz CT molecular complexity index is 1540. The van der Waals surface area contributed by atoms with Crippen molar-refractivity contribution in [1.29, 1.82) is 0 Å². The first-order valence-electron chi connectivity index (χ1n) is 11.5. The largest absolute Gasteiger partial charge is 0.494 e. The van der Waals surface area contributed by atoms with Gasteiger partial charge in [-0.15, -0.1) is 0 Å². The molecule has 4 aromatic rings. The summed E-state index contributed by atoms with van der Waals surface area (Å²) in [6.45, 7) is 1.85. The minimum Gasteiger partial charge on any atom is -0.494 e. The van der Waals surface area contributed by atoms with E-state index in [1.165, 1.54) is 25.3 Å². The van der Waals surface area contributed by atoms with Crippen LogP contribution in [-0.4, -0.2) is 56.9 Å². The molecule has 0 atom stereocenters. The van der Waals surface area contributed by atoms with Gasteiger partial charge in [0.05, 0.1) is 26.1 Å². The molecule has 1 amide bonds. The van der Waals surface area contributed by atoms with Crippen LogP contribution in [0.1, 0.15) is 32.0 Å². The maximum Gasteiger partial charge on any atom is 0.253 e. The van der Waals surface area contributed by atoms with Crippen molar-refractivity contribution in [2.75, 3.05) is 46.0 Å². The lowest BCUT2D eigenvalue weighted by molar-refractivity contribution is 0.0827. The summed E-state index contributed by atoms with van der Waals surface area (Å²) in [7, 11) is 7.30. The van der Waals surface area contributed by atoms with E-state index >= 15 is 0 Å². The number of halogens is 2. The summed E-state index contributed by atoms with van der Waals surface area (Å²) in [5.74, 6) is -4.09. The summed E-state index contributed by atoms with van der Waals surface area (Å²) in [5.41, 5.74) is 1.65. The monoisotopic (exact) mass is 524 g/mol. The number of methoxy groups -OCH3 is 2. The topological polar surface area (TPSA) is 106 Å². The predicted molar refractivity (Wildman–Crippen MR) is 139 cm³/mol. The Morgan fingerprint density at radius 1 is 1.03 bits per heavy atom. The molecule has 0 saturated heterocycles. The molecule has 198 valence electrons. The SMILES string of the molecule is CNc1c(C(=O)c2c(F)c(OC)cc(OC)c2F)oc2cnc(Nc3ccc(C(=O)N(C)C)cc3C)cc12. The van der Waals surface area contributed by atoms with Gasteiger partial charge in [0.25, 0.3) is 5.91 Å². The lowest BCUT2D eigenvalue weighted by Crippen LogP contribution is -2.21. The molecule has 0 aliphatic rings. The first kappa shape index (κ1) is 26.4. The standard InChI is InChI=1S/C27H26F2N4O5/c1-13-9-14(27(35)33(3)4)7-8-16(13)32-20-10-15-19(12-31-20)38-26(24(15)30-2)25(34)21-22(28)17(36-5)11-18(37-6)23(21)29/h7-12,30H,1-6H3,(H,31,32). The number of pyridine rings is 1. The second-order valence-electron chi connectivity index (χ2n) is 8.59. The number of aryl methyl sites for hydroxylation is 1. The van der Waals surface area contributed by atoms with E-state index in [1.807, 2.05) is 6.92 Å². The number of anilines is 3. The third-order valence-corrected chi connectivity index (χ3v) is 5.98. The van der Waals surface area contributed by atoms with E-state index in [4.69, 9.17) is 13.9 Å². The molecule has 0 aliphatic carbocycles. The van der Waals surface area contributed by atoms with Crippen LogP contribution >= 0.6 is 0 Å². The van der Waals surface area contributed by atoms with Crippen LogP contribution in [0.15, 0.2) is 40.9 Å². The van der Waals surface area contributed by atoms with Gasteiger partial charge in [0.1, 0.15) is 11.4 Å². The molecule has 0 fully saturated rings. The Kier molecular flexibility index (Phi) is 7.20. The number of aromatic nitrogens is 1. The zero-order valence-electron chi connectivity index (χ0n) is 21.7. The lowest BCUT2D eigenvalue weighted by Gasteiger charge is -2.13. The van der Waals surface area contributed by atoms with E-state index in [2.05, 4.69) is 15.6 Å². The highest BCUT2D eigenvalue weighted by Crippen LogP contribution is 2.37. The van der Waals surface area contributed by atoms with Gasteiger partial charge < -0.3 is 29.4 Å². The van der Waals surface area contributed by atoms with Gasteiger partial charge in [-0.1, -0.05) is 0 Å². The van der Waals surface area contributed by atoms with Crippen LogP contribution in [0, 0.1) is 18.6 Å². The first-order chi connectivity index (χ1) is 18.1. The quantitative estimate of drug-likeness (QED) is 0.305. The molecule has 9 nitrogen and oxygen atoms in total. The van der Waals surface area contributed by atoms with Gasteiger partial charge in [-0.3, -0.25) is 9.59 Å². The van der Waals surface area contributed by atoms with Crippen molar-refractivity contribution in [3.05, 3.63) is 70.6 Å². The second-order valence-corrected chi connectivity index (χ2v) is 8.59. The molecule has 2 aromatic heterocycles. The van der Waals surface area contributed by atoms with Crippen molar-refractivity contribution in [2.24, 2.45) is 0 Å². The van der Waals surface area contributed by atoms with Crippen LogP contribution in [0.5, 0.6) is 11.5 Å². The molecule has 0 radical (unpaired) electrons. The van der Waals surface area contributed by atoms with E-state index in [0.717, 1.165) is 11.6 Å². The fourth-order valence-corrected chi connectivity index (χ4v) is 4.01. The zero-order chi connectivity index (χ0) is 27.7. The first-order valence-corrected chi connectivity index (χ1v) is 11.5. The van der Waals surface area contributed by atoms with Gasteiger partial charge in [0, 0.05) is 43.8 Å². The van der Waals surface area contributed by atoms with Crippen molar-refractivity contribution in [3.63, 3.8) is 0 Å². The number of hydrogen-bond acceptors (Lipinski definition) is 8. The smallest absolute Gasteiger partial charge is 0.253 e. The van der Waals surface area contributed by atoms with Crippen LogP contribution in [0.2, 0.25) is 0 Å². The van der Waals surface area contributed by atoms with Gasteiger partial charge in [-0.2, -0.15) is 0 Å². The predicted octanol–water partition coefficient (Wildman–Crippen LogP) is 5.15. The number of carbonyl (C=O) groups excluding carboxylic acids is 2. The number of carbonyl (C=O) groups is 2. The number of amides is 1. The number of benzene rings is 2. The molecule has 38 heavy (non-hydrogen) atoms. The van der Waals surface area contributed by atoms with Crippen LogP contribution in [0.4, 0.5) is 26.0 Å². The fraction of sp³-hybridized carbons (Fsp3) is 0.222. The number of fused-ring (bicyclic) bond motifs is 1. The Labute approximate surface area is 217 Å². The van der Waals surface area contributed by atoms with Crippen LogP contribution < -0.4 is 20.1 Å². The molecule has 0 saturated carbocycles. The van der Waals surface area contributed by atoms with Gasteiger partial charge >= 0.3 is 0 Å². The Morgan fingerprint density at radius 2 is 1.68 bits per heavy atom. The average molecular weight is 525 g/mol. The Hall–Kier alpha value is -4.67. The van der Waals surface area contributed by atoms with E-state index in [-0.39, 0.29) is 34.4 Å². The molecular weight excluding hydrogens is 498 g/mol. The number of ether oxygens (including phenoxy) is 2. The van der Waals surface area contributed by atoms with E-state index < -0.39 is 23.0 Å². The van der Waals surface area contributed by atoms with Gasteiger partial charge in [0.2, 0.25) is 5.78 Å².